The Kier molecular flexibility index (Phi) is 6.17. The van der Waals surface area contributed by atoms with Gasteiger partial charge in [-0.15, -0.1) is 0 Å². The third-order valence-electron chi connectivity index (χ3n) is 3.57. The Hall–Kier alpha value is -0.740. The average Bonchev–Trinajstić information content (AvgIpc) is 2.96. The Morgan fingerprint density at radius 3 is 2.80 bits per heavy atom. The fraction of sp³-hybridized carbons (Fsp3) is 0.533. The largest absolute Gasteiger partial charge is 0.484 e. The van der Waals surface area contributed by atoms with E-state index in [1.807, 2.05) is 17.0 Å². The lowest BCUT2D eigenvalue weighted by Crippen LogP contribution is -2.42. The molecule has 2 rings (SSSR count). The summed E-state index contributed by atoms with van der Waals surface area (Å²) in [6, 6.07) is 7.51. The minimum atomic E-state index is 0.0522. The molecule has 1 aromatic carbocycles. The van der Waals surface area contributed by atoms with Gasteiger partial charge in [0.05, 0.1) is 0 Å². The standard InChI is InChI=1S/C15H19BrClNO2/c16-8-9-18(13-5-1-2-6-13)15(19)11-20-14-7-3-4-12(17)10-14/h3-4,7,10,13H,1-2,5-6,8-9,11H2. The van der Waals surface area contributed by atoms with Crippen LogP contribution in [0.4, 0.5) is 0 Å². The fourth-order valence-corrected chi connectivity index (χ4v) is 3.17. The smallest absolute Gasteiger partial charge is 0.260 e. The summed E-state index contributed by atoms with van der Waals surface area (Å²) in [7, 11) is 0. The summed E-state index contributed by atoms with van der Waals surface area (Å²) in [4.78, 5) is 14.3. The zero-order valence-electron chi connectivity index (χ0n) is 11.4. The van der Waals surface area contributed by atoms with Crippen molar-refractivity contribution in [1.82, 2.24) is 4.90 Å². The summed E-state index contributed by atoms with van der Waals surface area (Å²) < 4.78 is 5.54. The van der Waals surface area contributed by atoms with E-state index in [1.165, 1.54) is 12.8 Å². The van der Waals surface area contributed by atoms with Crippen LogP contribution in [-0.2, 0) is 4.79 Å². The first-order valence-electron chi connectivity index (χ1n) is 6.94. The predicted octanol–water partition coefficient (Wildman–Crippen LogP) is 3.88. The number of ether oxygens (including phenoxy) is 1. The van der Waals surface area contributed by atoms with Crippen molar-refractivity contribution in [1.29, 1.82) is 0 Å². The minimum Gasteiger partial charge on any atom is -0.484 e. The Morgan fingerprint density at radius 1 is 1.40 bits per heavy atom. The monoisotopic (exact) mass is 359 g/mol. The zero-order valence-corrected chi connectivity index (χ0v) is 13.7. The third kappa shape index (κ3) is 4.38. The SMILES string of the molecule is O=C(COc1cccc(Cl)c1)N(CCBr)C1CCCC1. The zero-order chi connectivity index (χ0) is 14.4. The van der Waals surface area contributed by atoms with Crippen LogP contribution in [0.3, 0.4) is 0 Å². The first-order valence-corrected chi connectivity index (χ1v) is 8.44. The maximum absolute atomic E-state index is 12.3. The van der Waals surface area contributed by atoms with Gasteiger partial charge >= 0.3 is 0 Å². The highest BCUT2D eigenvalue weighted by molar-refractivity contribution is 9.09. The van der Waals surface area contributed by atoms with Gasteiger partial charge in [0.1, 0.15) is 5.75 Å². The van der Waals surface area contributed by atoms with E-state index in [4.69, 9.17) is 16.3 Å². The molecule has 1 saturated carbocycles. The molecular weight excluding hydrogens is 342 g/mol. The molecule has 0 heterocycles. The molecule has 0 spiro atoms. The number of alkyl halides is 1. The van der Waals surface area contributed by atoms with E-state index in [0.29, 0.717) is 16.8 Å². The highest BCUT2D eigenvalue weighted by atomic mass is 79.9. The second kappa shape index (κ2) is 7.89. The lowest BCUT2D eigenvalue weighted by Gasteiger charge is -2.28. The predicted molar refractivity (Wildman–Crippen MR) is 84.7 cm³/mol. The van der Waals surface area contributed by atoms with Crippen LogP contribution in [0, 0.1) is 0 Å². The number of benzene rings is 1. The van der Waals surface area contributed by atoms with Crippen LogP contribution in [0.1, 0.15) is 25.7 Å². The van der Waals surface area contributed by atoms with Crippen molar-refractivity contribution in [3.63, 3.8) is 0 Å². The van der Waals surface area contributed by atoms with Crippen LogP contribution in [0.2, 0.25) is 5.02 Å². The van der Waals surface area contributed by atoms with Crippen molar-refractivity contribution in [3.05, 3.63) is 29.3 Å². The summed E-state index contributed by atoms with van der Waals surface area (Å²) in [6.45, 7) is 0.812. The maximum Gasteiger partial charge on any atom is 0.260 e. The quantitative estimate of drug-likeness (QED) is 0.720. The molecule has 0 atom stereocenters. The Bertz CT molecular complexity index is 449. The van der Waals surface area contributed by atoms with Crippen LogP contribution in [0.15, 0.2) is 24.3 Å². The van der Waals surface area contributed by atoms with Gasteiger partial charge in [0.2, 0.25) is 0 Å². The highest BCUT2D eigenvalue weighted by Crippen LogP contribution is 2.24. The summed E-state index contributed by atoms with van der Waals surface area (Å²) >= 11 is 9.31. The van der Waals surface area contributed by atoms with Crippen LogP contribution in [0.5, 0.6) is 5.75 Å². The number of halogens is 2. The average molecular weight is 361 g/mol. The number of hydrogen-bond acceptors (Lipinski definition) is 2. The van der Waals surface area contributed by atoms with Gasteiger partial charge in [-0.3, -0.25) is 4.79 Å². The molecule has 1 fully saturated rings. The lowest BCUT2D eigenvalue weighted by atomic mass is 10.2. The lowest BCUT2D eigenvalue weighted by molar-refractivity contribution is -0.135. The van der Waals surface area contributed by atoms with Gasteiger partial charge in [0, 0.05) is 22.9 Å². The molecular formula is C15H19BrClNO2. The summed E-state index contributed by atoms with van der Waals surface area (Å²) in [5, 5.41) is 1.41. The number of carbonyl (C=O) groups excluding carboxylic acids is 1. The molecule has 1 aliphatic carbocycles. The second-order valence-electron chi connectivity index (χ2n) is 4.96. The molecule has 5 heteroatoms. The molecule has 1 aromatic rings. The summed E-state index contributed by atoms with van der Waals surface area (Å²) in [5.74, 6) is 0.687. The first-order chi connectivity index (χ1) is 9.70. The van der Waals surface area contributed by atoms with Crippen molar-refractivity contribution in [2.45, 2.75) is 31.7 Å². The van der Waals surface area contributed by atoms with Gasteiger partial charge in [-0.2, -0.15) is 0 Å². The van der Waals surface area contributed by atoms with Gasteiger partial charge in [-0.25, -0.2) is 0 Å². The molecule has 20 heavy (non-hydrogen) atoms. The van der Waals surface area contributed by atoms with E-state index < -0.39 is 0 Å². The number of nitrogens with zero attached hydrogens (tertiary/aromatic N) is 1. The summed E-state index contributed by atoms with van der Waals surface area (Å²) in [6.07, 6.45) is 4.64. The van der Waals surface area contributed by atoms with E-state index in [1.54, 1.807) is 12.1 Å². The minimum absolute atomic E-state index is 0.0522. The van der Waals surface area contributed by atoms with Crippen molar-refractivity contribution >= 4 is 33.4 Å². The molecule has 0 aliphatic heterocycles. The van der Waals surface area contributed by atoms with Crippen molar-refractivity contribution in [3.8, 4) is 5.75 Å². The molecule has 110 valence electrons. The van der Waals surface area contributed by atoms with Crippen molar-refractivity contribution in [2.75, 3.05) is 18.5 Å². The Labute approximate surface area is 133 Å². The maximum atomic E-state index is 12.3. The topological polar surface area (TPSA) is 29.5 Å². The van der Waals surface area contributed by atoms with E-state index in [-0.39, 0.29) is 12.5 Å². The van der Waals surface area contributed by atoms with Crippen LogP contribution < -0.4 is 4.74 Å². The van der Waals surface area contributed by atoms with E-state index in [0.717, 1.165) is 24.7 Å². The van der Waals surface area contributed by atoms with Gasteiger partial charge in [-0.1, -0.05) is 46.4 Å². The fourth-order valence-electron chi connectivity index (χ4n) is 2.60. The molecule has 0 aromatic heterocycles. The van der Waals surface area contributed by atoms with Crippen molar-refractivity contribution < 1.29 is 9.53 Å². The molecule has 0 bridgehead atoms. The van der Waals surface area contributed by atoms with E-state index >= 15 is 0 Å². The van der Waals surface area contributed by atoms with Crippen LogP contribution in [-0.4, -0.2) is 35.3 Å². The molecule has 0 saturated heterocycles. The van der Waals surface area contributed by atoms with Gasteiger partial charge in [-0.05, 0) is 31.0 Å². The van der Waals surface area contributed by atoms with Gasteiger partial charge < -0.3 is 9.64 Å². The third-order valence-corrected chi connectivity index (χ3v) is 4.16. The van der Waals surface area contributed by atoms with Crippen molar-refractivity contribution in [2.24, 2.45) is 0 Å². The van der Waals surface area contributed by atoms with E-state index in [9.17, 15) is 4.79 Å². The molecule has 3 nitrogen and oxygen atoms in total. The summed E-state index contributed by atoms with van der Waals surface area (Å²) in [5.41, 5.74) is 0. The number of amides is 1. The number of carbonyl (C=O) groups is 1. The van der Waals surface area contributed by atoms with Gasteiger partial charge in [0.15, 0.2) is 6.61 Å². The molecule has 1 amide bonds. The first kappa shape index (κ1) is 15.6. The Balaban J connectivity index is 1.91. The van der Waals surface area contributed by atoms with E-state index in [2.05, 4.69) is 15.9 Å². The molecule has 0 N–H and O–H groups in total. The van der Waals surface area contributed by atoms with Crippen LogP contribution in [0.25, 0.3) is 0 Å². The molecule has 1 aliphatic rings. The highest BCUT2D eigenvalue weighted by Gasteiger charge is 2.26. The normalized spacial score (nSPS) is 15.3. The van der Waals surface area contributed by atoms with Crippen LogP contribution >= 0.6 is 27.5 Å². The number of hydrogen-bond donors (Lipinski definition) is 0. The molecule has 0 radical (unpaired) electrons. The van der Waals surface area contributed by atoms with Gasteiger partial charge in [0.25, 0.3) is 5.91 Å². The second-order valence-corrected chi connectivity index (χ2v) is 6.19. The molecule has 0 unspecified atom stereocenters. The Morgan fingerprint density at radius 2 is 2.15 bits per heavy atom. The number of rotatable bonds is 6.